The van der Waals surface area contributed by atoms with Gasteiger partial charge in [0, 0.05) is 24.5 Å². The third-order valence-electron chi connectivity index (χ3n) is 5.50. The molecular formula is C25H29ClFN3O4. The minimum Gasteiger partial charge on any atom is -0.493 e. The second-order valence-electron chi connectivity index (χ2n) is 8.13. The highest BCUT2D eigenvalue weighted by atomic mass is 35.5. The Morgan fingerprint density at radius 2 is 1.91 bits per heavy atom. The SMILES string of the molecule is O=C1CC[C@@H](C(=O)NCCc2ccc(F)cc2)NC(=O)c2cc(Cl)ccc2OCCCCCN1. The van der Waals surface area contributed by atoms with Gasteiger partial charge in [0.05, 0.1) is 12.2 Å². The zero-order valence-corrected chi connectivity index (χ0v) is 19.6. The van der Waals surface area contributed by atoms with E-state index in [4.69, 9.17) is 16.3 Å². The largest absolute Gasteiger partial charge is 0.493 e. The topological polar surface area (TPSA) is 96.5 Å². The number of halogens is 2. The number of fused-ring (bicyclic) bond motifs is 1. The molecule has 0 saturated heterocycles. The van der Waals surface area contributed by atoms with E-state index < -0.39 is 17.9 Å². The van der Waals surface area contributed by atoms with Crippen LogP contribution in [0.3, 0.4) is 0 Å². The molecular weight excluding hydrogens is 461 g/mol. The van der Waals surface area contributed by atoms with Crippen LogP contribution in [0.15, 0.2) is 42.5 Å². The lowest BCUT2D eigenvalue weighted by atomic mass is 10.1. The molecule has 0 bridgehead atoms. The van der Waals surface area contributed by atoms with Gasteiger partial charge in [-0.25, -0.2) is 4.39 Å². The fourth-order valence-corrected chi connectivity index (χ4v) is 3.76. The van der Waals surface area contributed by atoms with Crippen LogP contribution in [0, 0.1) is 5.82 Å². The van der Waals surface area contributed by atoms with E-state index in [1.54, 1.807) is 24.3 Å². The van der Waals surface area contributed by atoms with Gasteiger partial charge in [0.15, 0.2) is 0 Å². The van der Waals surface area contributed by atoms with E-state index in [2.05, 4.69) is 16.0 Å². The van der Waals surface area contributed by atoms with Gasteiger partial charge in [-0.15, -0.1) is 0 Å². The molecule has 0 unspecified atom stereocenters. The number of carbonyl (C=O) groups is 3. The zero-order valence-electron chi connectivity index (χ0n) is 18.9. The van der Waals surface area contributed by atoms with Crippen molar-refractivity contribution in [2.24, 2.45) is 0 Å². The maximum absolute atomic E-state index is 13.1. The molecule has 3 amide bonds. The van der Waals surface area contributed by atoms with E-state index in [-0.39, 0.29) is 30.1 Å². The first-order chi connectivity index (χ1) is 16.4. The first kappa shape index (κ1) is 25.5. The Morgan fingerprint density at radius 1 is 1.12 bits per heavy atom. The highest BCUT2D eigenvalue weighted by Crippen LogP contribution is 2.24. The van der Waals surface area contributed by atoms with Crippen molar-refractivity contribution in [2.75, 3.05) is 19.7 Å². The maximum atomic E-state index is 13.1. The van der Waals surface area contributed by atoms with Crippen LogP contribution in [-0.2, 0) is 16.0 Å². The first-order valence-electron chi connectivity index (χ1n) is 11.4. The molecule has 0 aromatic heterocycles. The van der Waals surface area contributed by atoms with Crippen molar-refractivity contribution >= 4 is 29.3 Å². The average molecular weight is 490 g/mol. The average Bonchev–Trinajstić information content (AvgIpc) is 2.82. The van der Waals surface area contributed by atoms with Gasteiger partial charge in [0.1, 0.15) is 17.6 Å². The van der Waals surface area contributed by atoms with Crippen molar-refractivity contribution in [1.29, 1.82) is 0 Å². The van der Waals surface area contributed by atoms with Crippen molar-refractivity contribution in [1.82, 2.24) is 16.0 Å². The lowest BCUT2D eigenvalue weighted by Gasteiger charge is -2.19. The molecule has 182 valence electrons. The predicted octanol–water partition coefficient (Wildman–Crippen LogP) is 3.40. The van der Waals surface area contributed by atoms with Crippen LogP contribution < -0.4 is 20.7 Å². The molecule has 1 heterocycles. The van der Waals surface area contributed by atoms with Crippen LogP contribution >= 0.6 is 11.6 Å². The van der Waals surface area contributed by atoms with Gasteiger partial charge >= 0.3 is 0 Å². The molecule has 9 heteroatoms. The summed E-state index contributed by atoms with van der Waals surface area (Å²) in [5, 5.41) is 8.74. The molecule has 0 aliphatic carbocycles. The zero-order chi connectivity index (χ0) is 24.3. The Morgan fingerprint density at radius 3 is 2.71 bits per heavy atom. The lowest BCUT2D eigenvalue weighted by molar-refractivity contribution is -0.124. The van der Waals surface area contributed by atoms with Crippen molar-refractivity contribution < 1.29 is 23.5 Å². The maximum Gasteiger partial charge on any atom is 0.255 e. The summed E-state index contributed by atoms with van der Waals surface area (Å²) in [6, 6.07) is 9.88. The Balaban J connectivity index is 1.71. The second-order valence-corrected chi connectivity index (χ2v) is 8.57. The molecule has 0 radical (unpaired) electrons. The van der Waals surface area contributed by atoms with Gasteiger partial charge in [-0.2, -0.15) is 0 Å². The summed E-state index contributed by atoms with van der Waals surface area (Å²) in [5.74, 6) is -1.02. The number of ether oxygens (including phenoxy) is 1. The summed E-state index contributed by atoms with van der Waals surface area (Å²) in [6.07, 6.45) is 3.19. The predicted molar refractivity (Wildman–Crippen MR) is 127 cm³/mol. The summed E-state index contributed by atoms with van der Waals surface area (Å²) in [6.45, 7) is 1.27. The van der Waals surface area contributed by atoms with Crippen molar-refractivity contribution in [3.05, 3.63) is 64.4 Å². The fourth-order valence-electron chi connectivity index (χ4n) is 3.59. The number of rotatable bonds is 4. The van der Waals surface area contributed by atoms with E-state index in [1.807, 2.05) is 0 Å². The molecule has 1 atom stereocenters. The Kier molecular flexibility index (Phi) is 9.70. The molecule has 7 nitrogen and oxygen atoms in total. The minimum atomic E-state index is -0.927. The van der Waals surface area contributed by atoms with Crippen LogP contribution in [0.2, 0.25) is 5.02 Å². The normalized spacial score (nSPS) is 17.8. The molecule has 0 spiro atoms. The van der Waals surface area contributed by atoms with Crippen LogP contribution in [0.5, 0.6) is 5.75 Å². The molecule has 3 rings (SSSR count). The molecule has 34 heavy (non-hydrogen) atoms. The van der Waals surface area contributed by atoms with E-state index in [9.17, 15) is 18.8 Å². The molecule has 1 aliphatic rings. The number of hydrogen-bond donors (Lipinski definition) is 3. The minimum absolute atomic E-state index is 0.0925. The Bertz CT molecular complexity index is 1000. The quantitative estimate of drug-likeness (QED) is 0.613. The summed E-state index contributed by atoms with van der Waals surface area (Å²) >= 11 is 6.10. The van der Waals surface area contributed by atoms with Crippen LogP contribution in [0.4, 0.5) is 4.39 Å². The van der Waals surface area contributed by atoms with Gasteiger partial charge < -0.3 is 20.7 Å². The van der Waals surface area contributed by atoms with Gasteiger partial charge in [-0.05, 0) is 68.0 Å². The molecule has 0 saturated carbocycles. The Labute approximate surface area is 203 Å². The number of amides is 3. The lowest BCUT2D eigenvalue weighted by Crippen LogP contribution is -2.47. The Hall–Kier alpha value is -3.13. The highest BCUT2D eigenvalue weighted by Gasteiger charge is 2.24. The molecule has 3 N–H and O–H groups in total. The van der Waals surface area contributed by atoms with Crippen molar-refractivity contribution in [2.45, 2.75) is 44.6 Å². The van der Waals surface area contributed by atoms with Crippen LogP contribution in [0.1, 0.15) is 48.0 Å². The second kappa shape index (κ2) is 12.9. The van der Waals surface area contributed by atoms with Gasteiger partial charge in [-0.1, -0.05) is 23.7 Å². The number of carbonyl (C=O) groups excluding carboxylic acids is 3. The fraction of sp³-hybridized carbons (Fsp3) is 0.400. The number of nitrogens with one attached hydrogen (secondary N) is 3. The van der Waals surface area contributed by atoms with Gasteiger partial charge in [-0.3, -0.25) is 14.4 Å². The summed E-state index contributed by atoms with van der Waals surface area (Å²) in [4.78, 5) is 38.2. The summed E-state index contributed by atoms with van der Waals surface area (Å²) in [5.41, 5.74) is 1.10. The van der Waals surface area contributed by atoms with Crippen molar-refractivity contribution in [3.8, 4) is 5.75 Å². The van der Waals surface area contributed by atoms with Gasteiger partial charge in [0.25, 0.3) is 5.91 Å². The third kappa shape index (κ3) is 8.02. The molecule has 1 aliphatic heterocycles. The smallest absolute Gasteiger partial charge is 0.255 e. The third-order valence-corrected chi connectivity index (χ3v) is 5.73. The molecule has 2 aromatic carbocycles. The van der Waals surface area contributed by atoms with E-state index in [0.717, 1.165) is 24.8 Å². The number of hydrogen-bond acceptors (Lipinski definition) is 4. The van der Waals surface area contributed by atoms with Crippen LogP contribution in [0.25, 0.3) is 0 Å². The van der Waals surface area contributed by atoms with E-state index in [1.165, 1.54) is 18.2 Å². The summed E-state index contributed by atoms with van der Waals surface area (Å²) in [7, 11) is 0. The standard InChI is InChI=1S/C25H29ClFN3O4/c26-18-6-10-22-20(16-18)24(32)30-21(9-11-23(31)28-13-2-1-3-15-34-22)25(33)29-14-12-17-4-7-19(27)8-5-17/h4-8,10,16,21H,1-3,9,11-15H2,(H,28,31)(H,29,33)(H,30,32)/t21-/m0/s1. The highest BCUT2D eigenvalue weighted by molar-refractivity contribution is 6.31. The van der Waals surface area contributed by atoms with E-state index in [0.29, 0.717) is 36.9 Å². The van der Waals surface area contributed by atoms with E-state index >= 15 is 0 Å². The van der Waals surface area contributed by atoms with Gasteiger partial charge in [0.2, 0.25) is 11.8 Å². The first-order valence-corrected chi connectivity index (χ1v) is 11.8. The molecule has 2 aromatic rings. The molecule has 0 fully saturated rings. The van der Waals surface area contributed by atoms with Crippen LogP contribution in [-0.4, -0.2) is 43.5 Å². The monoisotopic (exact) mass is 489 g/mol. The summed E-state index contributed by atoms with van der Waals surface area (Å²) < 4.78 is 18.9. The number of benzene rings is 2. The van der Waals surface area contributed by atoms with Crippen molar-refractivity contribution in [3.63, 3.8) is 0 Å².